The topological polar surface area (TPSA) is 75.6 Å². The van der Waals surface area contributed by atoms with Gasteiger partial charge >= 0.3 is 0 Å². The van der Waals surface area contributed by atoms with Gasteiger partial charge in [0.25, 0.3) is 0 Å². The van der Waals surface area contributed by atoms with Gasteiger partial charge in [0.15, 0.2) is 6.29 Å². The maximum absolute atomic E-state index is 8.39. The van der Waals surface area contributed by atoms with E-state index in [0.29, 0.717) is 19.8 Å². The van der Waals surface area contributed by atoms with Crippen molar-refractivity contribution < 1.29 is 33.5 Å². The summed E-state index contributed by atoms with van der Waals surface area (Å²) in [5.41, 5.74) is 0. The number of ether oxygens (including phenoxy) is 6. The molecule has 0 aliphatic heterocycles. The van der Waals surface area contributed by atoms with Crippen LogP contribution in [0, 0.1) is 5.92 Å². The van der Waals surface area contributed by atoms with Gasteiger partial charge in [0, 0.05) is 55.2 Å². The van der Waals surface area contributed by atoms with Crippen LogP contribution in [0.2, 0.25) is 0 Å². The predicted octanol–water partition coefficient (Wildman–Crippen LogP) is 2.60. The highest BCUT2D eigenvalue weighted by molar-refractivity contribution is 4.49. The SMILES string of the molecule is CC.CCC(COC)OC.COCC(C)CO.COCC(OC)OC. The Morgan fingerprint density at radius 3 is 1.28 bits per heavy atom. The van der Waals surface area contributed by atoms with E-state index in [-0.39, 0.29) is 24.9 Å². The van der Waals surface area contributed by atoms with Gasteiger partial charge in [-0.1, -0.05) is 27.7 Å². The molecule has 0 rings (SSSR count). The third-order valence-electron chi connectivity index (χ3n) is 2.73. The van der Waals surface area contributed by atoms with E-state index in [4.69, 9.17) is 33.5 Å². The molecule has 0 heterocycles. The van der Waals surface area contributed by atoms with Gasteiger partial charge in [-0.05, 0) is 6.42 Å². The van der Waals surface area contributed by atoms with Gasteiger partial charge in [0.1, 0.15) is 0 Å². The molecule has 0 saturated heterocycles. The lowest BCUT2D eigenvalue weighted by atomic mass is 10.2. The second-order valence-corrected chi connectivity index (χ2v) is 4.82. The zero-order valence-corrected chi connectivity index (χ0v) is 18.2. The van der Waals surface area contributed by atoms with Crippen molar-refractivity contribution in [2.45, 2.75) is 46.5 Å². The number of hydrogen-bond acceptors (Lipinski definition) is 7. The third kappa shape index (κ3) is 31.9. The van der Waals surface area contributed by atoms with E-state index in [1.54, 1.807) is 42.7 Å². The molecule has 2 unspecified atom stereocenters. The Balaban J connectivity index is -0.000000126. The van der Waals surface area contributed by atoms with Crippen LogP contribution in [-0.2, 0) is 28.4 Å². The quantitative estimate of drug-likeness (QED) is 0.559. The first-order valence-electron chi connectivity index (χ1n) is 8.66. The van der Waals surface area contributed by atoms with E-state index in [0.717, 1.165) is 6.42 Å². The lowest BCUT2D eigenvalue weighted by molar-refractivity contribution is -0.133. The highest BCUT2D eigenvalue weighted by Gasteiger charge is 2.01. The molecule has 0 aliphatic carbocycles. The fourth-order valence-corrected chi connectivity index (χ4v) is 1.24. The number of methoxy groups -OCH3 is 6. The molecule has 0 amide bonds. The van der Waals surface area contributed by atoms with E-state index < -0.39 is 0 Å². The Kier molecular flexibility index (Phi) is 40.8. The highest BCUT2D eigenvalue weighted by Crippen LogP contribution is 1.94. The van der Waals surface area contributed by atoms with Crippen LogP contribution < -0.4 is 0 Å². The molecule has 0 aromatic rings. The Bertz CT molecular complexity index is 172. The first kappa shape index (κ1) is 32.4. The summed E-state index contributed by atoms with van der Waals surface area (Å²) < 4.78 is 28.9. The molecule has 0 saturated carbocycles. The summed E-state index contributed by atoms with van der Waals surface area (Å²) in [5.74, 6) is 0.282. The van der Waals surface area contributed by atoms with Crippen molar-refractivity contribution in [3.63, 3.8) is 0 Å². The summed E-state index contributed by atoms with van der Waals surface area (Å²) in [6.45, 7) is 10.1. The van der Waals surface area contributed by atoms with Gasteiger partial charge in [-0.3, -0.25) is 0 Å². The van der Waals surface area contributed by atoms with Crippen LogP contribution in [0.15, 0.2) is 0 Å². The summed E-state index contributed by atoms with van der Waals surface area (Å²) in [6.07, 6.45) is 1.07. The molecule has 7 heteroatoms. The molecule has 25 heavy (non-hydrogen) atoms. The Morgan fingerprint density at radius 1 is 0.720 bits per heavy atom. The first-order chi connectivity index (χ1) is 12.0. The van der Waals surface area contributed by atoms with Crippen molar-refractivity contribution in [1.29, 1.82) is 0 Å². The van der Waals surface area contributed by atoms with Crippen LogP contribution in [0.4, 0.5) is 0 Å². The molecule has 0 aromatic carbocycles. The van der Waals surface area contributed by atoms with Crippen LogP contribution >= 0.6 is 0 Å². The minimum atomic E-state index is -0.222. The van der Waals surface area contributed by atoms with E-state index >= 15 is 0 Å². The molecule has 0 fully saturated rings. The molecule has 1 N–H and O–H groups in total. The molecule has 0 spiro atoms. The summed E-state index contributed by atoms with van der Waals surface area (Å²) in [6, 6.07) is 0. The molecule has 0 aliphatic rings. The van der Waals surface area contributed by atoms with Gasteiger partial charge in [0.05, 0.1) is 25.9 Å². The normalized spacial score (nSPS) is 12.0. The largest absolute Gasteiger partial charge is 0.396 e. The Hall–Kier alpha value is -0.280. The number of hydrogen-bond donors (Lipinski definition) is 1. The van der Waals surface area contributed by atoms with Gasteiger partial charge in [-0.2, -0.15) is 0 Å². The van der Waals surface area contributed by atoms with Crippen LogP contribution in [0.1, 0.15) is 34.1 Å². The second kappa shape index (κ2) is 31.5. The van der Waals surface area contributed by atoms with Crippen LogP contribution in [0.25, 0.3) is 0 Å². The van der Waals surface area contributed by atoms with E-state index in [1.165, 1.54) is 0 Å². The van der Waals surface area contributed by atoms with Gasteiger partial charge in [0.2, 0.25) is 0 Å². The maximum atomic E-state index is 8.39. The summed E-state index contributed by atoms with van der Waals surface area (Å²) in [4.78, 5) is 0. The number of rotatable bonds is 11. The highest BCUT2D eigenvalue weighted by atomic mass is 16.7. The molecule has 158 valence electrons. The average molecular weight is 373 g/mol. The Labute approximate surface area is 155 Å². The summed E-state index contributed by atoms with van der Waals surface area (Å²) in [7, 11) is 9.77. The smallest absolute Gasteiger partial charge is 0.180 e. The molecule has 2 atom stereocenters. The zero-order chi connectivity index (χ0) is 20.5. The van der Waals surface area contributed by atoms with Gasteiger partial charge in [-0.25, -0.2) is 0 Å². The van der Waals surface area contributed by atoms with Crippen molar-refractivity contribution in [2.24, 2.45) is 5.92 Å². The number of aliphatic hydroxyl groups is 1. The van der Waals surface area contributed by atoms with E-state index in [9.17, 15) is 0 Å². The fraction of sp³-hybridized carbons (Fsp3) is 1.00. The lowest BCUT2D eigenvalue weighted by Crippen LogP contribution is -2.18. The zero-order valence-electron chi connectivity index (χ0n) is 18.2. The van der Waals surface area contributed by atoms with E-state index in [1.807, 2.05) is 20.8 Å². The average Bonchev–Trinajstić information content (AvgIpc) is 2.66. The van der Waals surface area contributed by atoms with Crippen LogP contribution in [0.3, 0.4) is 0 Å². The minimum Gasteiger partial charge on any atom is -0.396 e. The molecular formula is C18H44O7. The van der Waals surface area contributed by atoms with Gasteiger partial charge < -0.3 is 33.5 Å². The first-order valence-corrected chi connectivity index (χ1v) is 8.66. The number of aliphatic hydroxyl groups excluding tert-OH is 1. The third-order valence-corrected chi connectivity index (χ3v) is 2.73. The molecule has 7 nitrogen and oxygen atoms in total. The van der Waals surface area contributed by atoms with Crippen molar-refractivity contribution in [3.8, 4) is 0 Å². The summed E-state index contributed by atoms with van der Waals surface area (Å²) in [5, 5.41) is 8.39. The van der Waals surface area contributed by atoms with Crippen molar-refractivity contribution >= 4 is 0 Å². The Morgan fingerprint density at radius 2 is 1.16 bits per heavy atom. The maximum Gasteiger partial charge on any atom is 0.180 e. The standard InChI is InChI=1S/C6H14O2.C5H12O3.C5H12O2.C2H6/c1-4-6(8-3)5-7-2;1-6-4-5(7-2)8-3;1-5(3-6)4-7-2;1-2/h6H,4-5H2,1-3H3;5H,4H2,1-3H3;5-6H,3-4H2,1-2H3;1-2H3. The molecule has 0 bridgehead atoms. The molecule has 0 aromatic heterocycles. The lowest BCUT2D eigenvalue weighted by Gasteiger charge is -2.10. The van der Waals surface area contributed by atoms with Gasteiger partial charge in [-0.15, -0.1) is 0 Å². The van der Waals surface area contributed by atoms with Crippen LogP contribution in [-0.4, -0.2) is 86.6 Å². The van der Waals surface area contributed by atoms with E-state index in [2.05, 4.69) is 6.92 Å². The predicted molar refractivity (Wildman–Crippen MR) is 102 cm³/mol. The monoisotopic (exact) mass is 372 g/mol. The molecule has 0 radical (unpaired) electrons. The molecular weight excluding hydrogens is 328 g/mol. The van der Waals surface area contributed by atoms with Crippen molar-refractivity contribution in [2.75, 3.05) is 69.1 Å². The summed E-state index contributed by atoms with van der Waals surface area (Å²) >= 11 is 0. The second-order valence-electron chi connectivity index (χ2n) is 4.82. The fourth-order valence-electron chi connectivity index (χ4n) is 1.24. The van der Waals surface area contributed by atoms with Crippen LogP contribution in [0.5, 0.6) is 0 Å². The van der Waals surface area contributed by atoms with Crippen molar-refractivity contribution in [1.82, 2.24) is 0 Å². The minimum absolute atomic E-state index is 0.216. The van der Waals surface area contributed by atoms with Crippen molar-refractivity contribution in [3.05, 3.63) is 0 Å².